The van der Waals surface area contributed by atoms with Crippen molar-refractivity contribution in [1.29, 1.82) is 0 Å². The van der Waals surface area contributed by atoms with E-state index in [9.17, 15) is 9.59 Å². The lowest BCUT2D eigenvalue weighted by molar-refractivity contribution is -0.119. The van der Waals surface area contributed by atoms with Crippen molar-refractivity contribution in [2.24, 2.45) is 5.73 Å². The minimum Gasteiger partial charge on any atom is -0.341 e. The van der Waals surface area contributed by atoms with E-state index in [0.717, 1.165) is 10.5 Å². The molecule has 1 aromatic carbocycles. The number of amides is 3. The number of imide groups is 1. The van der Waals surface area contributed by atoms with Crippen molar-refractivity contribution in [3.05, 3.63) is 29.8 Å². The van der Waals surface area contributed by atoms with Crippen LogP contribution >= 0.6 is 11.8 Å². The lowest BCUT2D eigenvalue weighted by Crippen LogP contribution is -2.41. The Bertz CT molecular complexity index is 420. The van der Waals surface area contributed by atoms with Gasteiger partial charge in [0.25, 0.3) is 0 Å². The van der Waals surface area contributed by atoms with Crippen LogP contribution in [0.15, 0.2) is 29.2 Å². The van der Waals surface area contributed by atoms with Crippen molar-refractivity contribution in [2.75, 3.05) is 7.05 Å². The highest BCUT2D eigenvalue weighted by Crippen LogP contribution is 2.23. The van der Waals surface area contributed by atoms with Gasteiger partial charge in [-0.05, 0) is 24.6 Å². The van der Waals surface area contributed by atoms with Gasteiger partial charge in [0.15, 0.2) is 0 Å². The quantitative estimate of drug-likeness (QED) is 0.713. The van der Waals surface area contributed by atoms with E-state index in [1.54, 1.807) is 6.92 Å². The maximum absolute atomic E-state index is 11.6. The first-order valence-electron chi connectivity index (χ1n) is 5.55. The highest BCUT2D eigenvalue weighted by Gasteiger charge is 2.16. The number of urea groups is 1. The van der Waals surface area contributed by atoms with Crippen molar-refractivity contribution in [3.63, 3.8) is 0 Å². The van der Waals surface area contributed by atoms with Crippen LogP contribution < -0.4 is 16.4 Å². The third kappa shape index (κ3) is 4.38. The lowest BCUT2D eigenvalue weighted by atomic mass is 10.2. The van der Waals surface area contributed by atoms with E-state index in [4.69, 9.17) is 5.73 Å². The molecule has 5 nitrogen and oxygen atoms in total. The van der Waals surface area contributed by atoms with E-state index in [2.05, 4.69) is 10.6 Å². The van der Waals surface area contributed by atoms with E-state index in [0.29, 0.717) is 6.54 Å². The first-order valence-corrected chi connectivity index (χ1v) is 6.43. The Morgan fingerprint density at radius 2 is 1.94 bits per heavy atom. The lowest BCUT2D eigenvalue weighted by Gasteiger charge is -2.11. The molecule has 4 N–H and O–H groups in total. The SMILES string of the molecule is CNC(=O)NC(=O)C(C)Sc1ccc(CN)cc1. The van der Waals surface area contributed by atoms with Crippen LogP contribution in [0.1, 0.15) is 12.5 Å². The summed E-state index contributed by atoms with van der Waals surface area (Å²) in [5.41, 5.74) is 6.55. The number of hydrogen-bond acceptors (Lipinski definition) is 4. The summed E-state index contributed by atoms with van der Waals surface area (Å²) in [6.45, 7) is 2.25. The van der Waals surface area contributed by atoms with Crippen molar-refractivity contribution >= 4 is 23.7 Å². The van der Waals surface area contributed by atoms with Crippen molar-refractivity contribution < 1.29 is 9.59 Å². The maximum atomic E-state index is 11.6. The predicted molar refractivity (Wildman–Crippen MR) is 72.3 cm³/mol. The summed E-state index contributed by atoms with van der Waals surface area (Å²) in [6, 6.07) is 7.18. The summed E-state index contributed by atoms with van der Waals surface area (Å²) in [6.07, 6.45) is 0. The molecule has 6 heteroatoms. The molecule has 0 aliphatic carbocycles. The molecule has 1 atom stereocenters. The van der Waals surface area contributed by atoms with Crippen molar-refractivity contribution in [3.8, 4) is 0 Å². The molecule has 0 bridgehead atoms. The normalized spacial score (nSPS) is 11.7. The zero-order valence-electron chi connectivity index (χ0n) is 10.4. The Kier molecular flexibility index (Phi) is 5.67. The molecule has 0 spiro atoms. The van der Waals surface area contributed by atoms with Crippen molar-refractivity contribution in [1.82, 2.24) is 10.6 Å². The summed E-state index contributed by atoms with van der Waals surface area (Å²) in [5, 5.41) is 4.24. The molecule has 1 rings (SSSR count). The van der Waals surface area contributed by atoms with E-state index in [1.807, 2.05) is 24.3 Å². The van der Waals surface area contributed by atoms with Crippen LogP contribution in [0.5, 0.6) is 0 Å². The second-order valence-corrected chi connectivity index (χ2v) is 5.09. The van der Waals surface area contributed by atoms with E-state index >= 15 is 0 Å². The monoisotopic (exact) mass is 267 g/mol. The van der Waals surface area contributed by atoms with Crippen molar-refractivity contribution in [2.45, 2.75) is 23.6 Å². The topological polar surface area (TPSA) is 84.2 Å². The summed E-state index contributed by atoms with van der Waals surface area (Å²) >= 11 is 1.39. The molecule has 0 saturated carbocycles. The van der Waals surface area contributed by atoms with E-state index < -0.39 is 6.03 Å². The summed E-state index contributed by atoms with van der Waals surface area (Å²) in [5.74, 6) is -0.317. The Balaban J connectivity index is 2.55. The third-order valence-corrected chi connectivity index (χ3v) is 3.42. The predicted octanol–water partition coefficient (Wildman–Crippen LogP) is 1.08. The van der Waals surface area contributed by atoms with Gasteiger partial charge < -0.3 is 11.1 Å². The zero-order chi connectivity index (χ0) is 13.5. The van der Waals surface area contributed by atoms with Crippen LogP contribution in [0.3, 0.4) is 0 Å². The standard InChI is InChI=1S/C12H17N3O2S/c1-8(11(16)15-12(17)14-2)18-10-5-3-9(7-13)4-6-10/h3-6,8H,7,13H2,1-2H3,(H2,14,15,16,17). The second-order valence-electron chi connectivity index (χ2n) is 3.68. The first kappa shape index (κ1) is 14.5. The minimum atomic E-state index is -0.495. The van der Waals surface area contributed by atoms with Gasteiger partial charge >= 0.3 is 6.03 Å². The molecule has 0 aliphatic heterocycles. The molecular formula is C12H17N3O2S. The van der Waals surface area contributed by atoms with Gasteiger partial charge in [-0.3, -0.25) is 10.1 Å². The fraction of sp³-hybridized carbons (Fsp3) is 0.333. The average Bonchev–Trinajstić information content (AvgIpc) is 2.39. The zero-order valence-corrected chi connectivity index (χ0v) is 11.2. The number of nitrogens with two attached hydrogens (primary N) is 1. The van der Waals surface area contributed by atoms with Crippen LogP contribution in [-0.4, -0.2) is 24.2 Å². The van der Waals surface area contributed by atoms with Crippen LogP contribution in [0, 0.1) is 0 Å². The molecular weight excluding hydrogens is 250 g/mol. The van der Waals surface area contributed by atoms with Crippen LogP contribution in [0.4, 0.5) is 4.79 Å². The van der Waals surface area contributed by atoms with Gasteiger partial charge in [0, 0.05) is 18.5 Å². The van der Waals surface area contributed by atoms with Crippen LogP contribution in [0.25, 0.3) is 0 Å². The van der Waals surface area contributed by atoms with Gasteiger partial charge in [0.05, 0.1) is 5.25 Å². The average molecular weight is 267 g/mol. The molecule has 0 aromatic heterocycles. The molecule has 0 radical (unpaired) electrons. The Labute approximate surface area is 111 Å². The fourth-order valence-corrected chi connectivity index (χ4v) is 2.11. The molecule has 1 aromatic rings. The molecule has 3 amide bonds. The van der Waals surface area contributed by atoms with E-state index in [1.165, 1.54) is 18.8 Å². The van der Waals surface area contributed by atoms with Gasteiger partial charge in [-0.1, -0.05) is 12.1 Å². The Morgan fingerprint density at radius 3 is 2.44 bits per heavy atom. The number of carbonyl (C=O) groups excluding carboxylic acids is 2. The molecule has 98 valence electrons. The number of rotatable bonds is 4. The Hall–Kier alpha value is -1.53. The number of benzene rings is 1. The van der Waals surface area contributed by atoms with Crippen LogP contribution in [-0.2, 0) is 11.3 Å². The molecule has 1 unspecified atom stereocenters. The highest BCUT2D eigenvalue weighted by molar-refractivity contribution is 8.00. The number of hydrogen-bond donors (Lipinski definition) is 3. The largest absolute Gasteiger partial charge is 0.341 e. The van der Waals surface area contributed by atoms with Gasteiger partial charge in [0.2, 0.25) is 5.91 Å². The molecule has 0 saturated heterocycles. The van der Waals surface area contributed by atoms with Gasteiger partial charge in [0.1, 0.15) is 0 Å². The third-order valence-electron chi connectivity index (χ3n) is 2.30. The Morgan fingerprint density at radius 1 is 1.33 bits per heavy atom. The highest BCUT2D eigenvalue weighted by atomic mass is 32.2. The number of nitrogens with one attached hydrogen (secondary N) is 2. The summed E-state index contributed by atoms with van der Waals surface area (Å²) < 4.78 is 0. The number of thioether (sulfide) groups is 1. The minimum absolute atomic E-state index is 0.317. The first-order chi connectivity index (χ1) is 8.56. The summed E-state index contributed by atoms with van der Waals surface area (Å²) in [7, 11) is 1.46. The molecule has 0 heterocycles. The van der Waals surface area contributed by atoms with Crippen LogP contribution in [0.2, 0.25) is 0 Å². The molecule has 18 heavy (non-hydrogen) atoms. The summed E-state index contributed by atoms with van der Waals surface area (Å²) in [4.78, 5) is 23.6. The number of carbonyl (C=O) groups is 2. The smallest absolute Gasteiger partial charge is 0.321 e. The van der Waals surface area contributed by atoms with E-state index in [-0.39, 0.29) is 11.2 Å². The fourth-order valence-electron chi connectivity index (χ4n) is 1.24. The van der Waals surface area contributed by atoms with Gasteiger partial charge in [-0.15, -0.1) is 11.8 Å². The van der Waals surface area contributed by atoms with Gasteiger partial charge in [-0.2, -0.15) is 0 Å². The second kappa shape index (κ2) is 7.03. The van der Waals surface area contributed by atoms with Gasteiger partial charge in [-0.25, -0.2) is 4.79 Å². The molecule has 0 aliphatic rings. The maximum Gasteiger partial charge on any atom is 0.321 e. The molecule has 0 fully saturated rings.